The van der Waals surface area contributed by atoms with Crippen LogP contribution >= 0.6 is 0 Å². The summed E-state index contributed by atoms with van der Waals surface area (Å²) in [4.78, 5) is 32.4. The highest BCUT2D eigenvalue weighted by molar-refractivity contribution is 6.03. The van der Waals surface area contributed by atoms with Gasteiger partial charge in [0.15, 0.2) is 0 Å². The summed E-state index contributed by atoms with van der Waals surface area (Å²) in [5.74, 6) is -0.387. The monoisotopic (exact) mass is 386 g/mol. The Morgan fingerprint density at radius 1 is 0.966 bits per heavy atom. The van der Waals surface area contributed by atoms with Gasteiger partial charge in [-0.05, 0) is 43.3 Å². The Labute approximate surface area is 167 Å². The van der Waals surface area contributed by atoms with Crippen molar-refractivity contribution in [1.29, 1.82) is 5.26 Å². The van der Waals surface area contributed by atoms with Gasteiger partial charge < -0.3 is 16.0 Å². The minimum absolute atomic E-state index is 0.158. The first kappa shape index (κ1) is 19.5. The highest BCUT2D eigenvalue weighted by Gasteiger charge is 2.13. The first-order valence-electron chi connectivity index (χ1n) is 8.75. The van der Waals surface area contributed by atoms with Crippen LogP contribution in [0.3, 0.4) is 0 Å². The molecule has 1 heterocycles. The molecule has 29 heavy (non-hydrogen) atoms. The van der Waals surface area contributed by atoms with Gasteiger partial charge in [0.1, 0.15) is 11.8 Å². The van der Waals surface area contributed by atoms with Crippen molar-refractivity contribution >= 4 is 34.8 Å². The Kier molecular flexibility index (Phi) is 5.80. The van der Waals surface area contributed by atoms with Crippen molar-refractivity contribution in [2.24, 2.45) is 0 Å². The smallest absolute Gasteiger partial charge is 0.274 e. The van der Waals surface area contributed by atoms with E-state index in [1.165, 1.54) is 6.92 Å². The molecule has 0 saturated heterocycles. The highest BCUT2D eigenvalue weighted by Crippen LogP contribution is 2.19. The summed E-state index contributed by atoms with van der Waals surface area (Å²) in [6.45, 7) is 3.18. The topological polar surface area (TPSA) is 120 Å². The molecule has 0 radical (unpaired) electrons. The Morgan fingerprint density at radius 2 is 1.72 bits per heavy atom. The average Bonchev–Trinajstić information content (AvgIpc) is 2.67. The summed E-state index contributed by atoms with van der Waals surface area (Å²) in [6, 6.07) is 17.4. The summed E-state index contributed by atoms with van der Waals surface area (Å²) in [6.07, 6.45) is 0. The second-order valence-corrected chi connectivity index (χ2v) is 6.22. The van der Waals surface area contributed by atoms with E-state index in [9.17, 15) is 9.59 Å². The summed E-state index contributed by atoms with van der Waals surface area (Å²) in [7, 11) is 0. The Bertz CT molecular complexity index is 1120. The lowest BCUT2D eigenvalue weighted by Gasteiger charge is -2.10. The molecule has 0 saturated carbocycles. The fourth-order valence-corrected chi connectivity index (χ4v) is 2.62. The van der Waals surface area contributed by atoms with E-state index in [0.717, 1.165) is 0 Å². The summed E-state index contributed by atoms with van der Waals surface area (Å²) >= 11 is 0. The second-order valence-electron chi connectivity index (χ2n) is 6.22. The third kappa shape index (κ3) is 5.14. The number of para-hydroxylation sites is 1. The van der Waals surface area contributed by atoms with E-state index >= 15 is 0 Å². The minimum Gasteiger partial charge on any atom is -0.326 e. The van der Waals surface area contributed by atoms with Crippen LogP contribution in [0.15, 0.2) is 54.6 Å². The van der Waals surface area contributed by atoms with Gasteiger partial charge in [0.2, 0.25) is 11.9 Å². The molecule has 0 unspecified atom stereocenters. The van der Waals surface area contributed by atoms with Gasteiger partial charge in [-0.2, -0.15) is 5.26 Å². The highest BCUT2D eigenvalue weighted by atomic mass is 16.2. The van der Waals surface area contributed by atoms with E-state index in [-0.39, 0.29) is 17.5 Å². The molecule has 0 spiro atoms. The number of hydrogen-bond acceptors (Lipinski definition) is 6. The van der Waals surface area contributed by atoms with Crippen molar-refractivity contribution in [2.45, 2.75) is 13.8 Å². The van der Waals surface area contributed by atoms with Crippen molar-refractivity contribution in [1.82, 2.24) is 9.97 Å². The number of aromatic nitrogens is 2. The zero-order valence-corrected chi connectivity index (χ0v) is 15.9. The zero-order chi connectivity index (χ0) is 20.8. The van der Waals surface area contributed by atoms with Crippen molar-refractivity contribution in [3.63, 3.8) is 0 Å². The molecule has 0 bridgehead atoms. The van der Waals surface area contributed by atoms with E-state index in [1.807, 2.05) is 6.07 Å². The van der Waals surface area contributed by atoms with Crippen LogP contribution in [0.5, 0.6) is 0 Å². The lowest BCUT2D eigenvalue weighted by Crippen LogP contribution is -2.16. The molecule has 3 N–H and O–H groups in total. The molecular weight excluding hydrogens is 368 g/mol. The molecule has 0 aliphatic rings. The van der Waals surface area contributed by atoms with Gasteiger partial charge in [-0.3, -0.25) is 9.59 Å². The summed E-state index contributed by atoms with van der Waals surface area (Å²) < 4.78 is 0. The molecule has 8 heteroatoms. The molecule has 1 aromatic heterocycles. The van der Waals surface area contributed by atoms with E-state index in [2.05, 4.69) is 25.9 Å². The third-order valence-electron chi connectivity index (χ3n) is 3.82. The minimum atomic E-state index is -0.451. The lowest BCUT2D eigenvalue weighted by molar-refractivity contribution is -0.114. The standard InChI is InChI=1S/C21H18N6O2/c1-13-10-19(20(29)26-18-9-4-3-6-15(18)12-22)27-21(23-13)25-17-8-5-7-16(11-17)24-14(2)28/h3-11H,1-2H3,(H,24,28)(H,26,29)(H,23,25,27). The second kappa shape index (κ2) is 8.63. The van der Waals surface area contributed by atoms with Crippen LogP contribution in [0.2, 0.25) is 0 Å². The molecule has 144 valence electrons. The quantitative estimate of drug-likeness (QED) is 0.616. The van der Waals surface area contributed by atoms with Crippen LogP contribution in [0, 0.1) is 18.3 Å². The average molecular weight is 386 g/mol. The Balaban J connectivity index is 1.82. The number of nitrogens with zero attached hydrogens (tertiary/aromatic N) is 3. The van der Waals surface area contributed by atoms with Crippen LogP contribution in [0.1, 0.15) is 28.7 Å². The van der Waals surface area contributed by atoms with Crippen LogP contribution in [0.25, 0.3) is 0 Å². The molecule has 0 aliphatic heterocycles. The van der Waals surface area contributed by atoms with Crippen LogP contribution < -0.4 is 16.0 Å². The lowest BCUT2D eigenvalue weighted by atomic mass is 10.2. The number of benzene rings is 2. The maximum atomic E-state index is 12.6. The number of hydrogen-bond donors (Lipinski definition) is 3. The van der Waals surface area contributed by atoms with E-state index < -0.39 is 5.91 Å². The number of rotatable bonds is 5. The number of nitriles is 1. The molecule has 0 aliphatic carbocycles. The molecule has 3 aromatic rings. The zero-order valence-electron chi connectivity index (χ0n) is 15.9. The maximum Gasteiger partial charge on any atom is 0.274 e. The van der Waals surface area contributed by atoms with Gasteiger partial charge in [-0.25, -0.2) is 9.97 Å². The predicted octanol–water partition coefficient (Wildman–Crippen LogP) is 3.61. The number of carbonyl (C=O) groups excluding carboxylic acids is 2. The van der Waals surface area contributed by atoms with Crippen molar-refractivity contribution < 1.29 is 9.59 Å². The molecule has 3 rings (SSSR count). The number of nitrogens with one attached hydrogen (secondary N) is 3. The summed E-state index contributed by atoms with van der Waals surface area (Å²) in [5.41, 5.74) is 2.81. The number of carbonyl (C=O) groups is 2. The molecule has 2 amide bonds. The van der Waals surface area contributed by atoms with Gasteiger partial charge in [0.25, 0.3) is 5.91 Å². The van der Waals surface area contributed by atoms with E-state index in [0.29, 0.717) is 28.3 Å². The van der Waals surface area contributed by atoms with Crippen molar-refractivity contribution in [3.05, 3.63) is 71.5 Å². The molecule has 0 fully saturated rings. The fourth-order valence-electron chi connectivity index (χ4n) is 2.62. The van der Waals surface area contributed by atoms with Gasteiger partial charge in [-0.1, -0.05) is 18.2 Å². The maximum absolute atomic E-state index is 12.6. The van der Waals surface area contributed by atoms with Gasteiger partial charge in [0, 0.05) is 24.0 Å². The third-order valence-corrected chi connectivity index (χ3v) is 3.82. The molecule has 0 atom stereocenters. The molecule has 2 aromatic carbocycles. The number of anilines is 4. The van der Waals surface area contributed by atoms with Crippen LogP contribution in [0.4, 0.5) is 23.0 Å². The Hall–Kier alpha value is -4.25. The molecular formula is C21H18N6O2. The predicted molar refractivity (Wildman–Crippen MR) is 110 cm³/mol. The van der Waals surface area contributed by atoms with Crippen molar-refractivity contribution in [3.8, 4) is 6.07 Å². The summed E-state index contributed by atoms with van der Waals surface area (Å²) in [5, 5.41) is 17.6. The van der Waals surface area contributed by atoms with E-state index in [1.54, 1.807) is 61.5 Å². The fraction of sp³-hybridized carbons (Fsp3) is 0.0952. The van der Waals surface area contributed by atoms with E-state index in [4.69, 9.17) is 5.26 Å². The van der Waals surface area contributed by atoms with Crippen LogP contribution in [-0.4, -0.2) is 21.8 Å². The molecule has 8 nitrogen and oxygen atoms in total. The first-order valence-corrected chi connectivity index (χ1v) is 8.75. The van der Waals surface area contributed by atoms with Gasteiger partial charge in [0.05, 0.1) is 11.3 Å². The van der Waals surface area contributed by atoms with Crippen LogP contribution in [-0.2, 0) is 4.79 Å². The normalized spacial score (nSPS) is 9.97. The van der Waals surface area contributed by atoms with Gasteiger partial charge in [-0.15, -0.1) is 0 Å². The number of amides is 2. The number of aryl methyl sites for hydroxylation is 1. The van der Waals surface area contributed by atoms with Gasteiger partial charge >= 0.3 is 0 Å². The van der Waals surface area contributed by atoms with Crippen molar-refractivity contribution in [2.75, 3.05) is 16.0 Å². The SMILES string of the molecule is CC(=O)Nc1cccc(Nc2nc(C)cc(C(=O)Nc3ccccc3C#N)n2)c1. The largest absolute Gasteiger partial charge is 0.326 e. The first-order chi connectivity index (χ1) is 13.9. The Morgan fingerprint density at radius 3 is 2.48 bits per heavy atom.